The molecule has 4 heteroatoms. The van der Waals surface area contributed by atoms with Crippen molar-refractivity contribution in [1.82, 2.24) is 10.2 Å². The van der Waals surface area contributed by atoms with Crippen molar-refractivity contribution in [1.29, 1.82) is 0 Å². The van der Waals surface area contributed by atoms with Gasteiger partial charge in [-0.15, -0.1) is 0 Å². The van der Waals surface area contributed by atoms with Crippen molar-refractivity contribution in [2.24, 2.45) is 0 Å². The summed E-state index contributed by atoms with van der Waals surface area (Å²) in [5.74, 6) is -0.00337. The van der Waals surface area contributed by atoms with Gasteiger partial charge in [0.05, 0.1) is 5.56 Å². The van der Waals surface area contributed by atoms with Crippen LogP contribution in [-0.4, -0.2) is 43.5 Å². The van der Waals surface area contributed by atoms with E-state index in [1.165, 1.54) is 0 Å². The Morgan fingerprint density at radius 1 is 1.10 bits per heavy atom. The molecule has 0 aliphatic carbocycles. The fourth-order valence-electron chi connectivity index (χ4n) is 2.06. The fraction of sp³-hybridized carbons (Fsp3) is 0.562. The van der Waals surface area contributed by atoms with E-state index in [9.17, 15) is 4.79 Å². The summed E-state index contributed by atoms with van der Waals surface area (Å²) in [6, 6.07) is 7.67. The highest BCUT2D eigenvalue weighted by atomic mass is 16.1. The summed E-state index contributed by atoms with van der Waals surface area (Å²) < 4.78 is 0. The molecule has 0 atom stereocenters. The zero-order chi connectivity index (χ0) is 14.8. The molecule has 0 aliphatic rings. The van der Waals surface area contributed by atoms with Crippen molar-refractivity contribution < 1.29 is 4.79 Å². The summed E-state index contributed by atoms with van der Waals surface area (Å²) >= 11 is 0. The number of hydrogen-bond donors (Lipinski definition) is 2. The maximum absolute atomic E-state index is 12.2. The third-order valence-electron chi connectivity index (χ3n) is 3.35. The van der Waals surface area contributed by atoms with Gasteiger partial charge in [0.25, 0.3) is 5.91 Å². The lowest BCUT2D eigenvalue weighted by Crippen LogP contribution is -2.35. The van der Waals surface area contributed by atoms with Gasteiger partial charge in [0.2, 0.25) is 0 Å². The first kappa shape index (κ1) is 16.5. The van der Waals surface area contributed by atoms with Crippen LogP contribution in [0.15, 0.2) is 24.3 Å². The van der Waals surface area contributed by atoms with Crippen LogP contribution < -0.4 is 10.6 Å². The third kappa shape index (κ3) is 5.21. The predicted octanol–water partition coefficient (Wildman–Crippen LogP) is 2.58. The third-order valence-corrected chi connectivity index (χ3v) is 3.35. The molecule has 0 unspecified atom stereocenters. The molecule has 0 saturated heterocycles. The minimum absolute atomic E-state index is 0.00337. The van der Waals surface area contributed by atoms with Crippen LogP contribution in [0.5, 0.6) is 0 Å². The lowest BCUT2D eigenvalue weighted by atomic mass is 10.1. The van der Waals surface area contributed by atoms with Gasteiger partial charge in [0.1, 0.15) is 0 Å². The second-order valence-corrected chi connectivity index (χ2v) is 4.76. The molecule has 1 rings (SSSR count). The quantitative estimate of drug-likeness (QED) is 0.729. The predicted molar refractivity (Wildman–Crippen MR) is 85.3 cm³/mol. The van der Waals surface area contributed by atoms with E-state index in [-0.39, 0.29) is 5.91 Å². The van der Waals surface area contributed by atoms with Gasteiger partial charge in [0, 0.05) is 25.3 Å². The monoisotopic (exact) mass is 277 g/mol. The average molecular weight is 277 g/mol. The molecule has 1 aromatic carbocycles. The highest BCUT2D eigenvalue weighted by molar-refractivity contribution is 5.99. The number of likely N-dealkylation sites (N-methyl/N-ethyl adjacent to an activating group) is 1. The van der Waals surface area contributed by atoms with E-state index < -0.39 is 0 Å². The number of nitrogens with zero attached hydrogens (tertiary/aromatic N) is 1. The molecule has 1 aromatic rings. The summed E-state index contributed by atoms with van der Waals surface area (Å²) in [6.07, 6.45) is 1.04. The number of anilines is 1. The molecule has 20 heavy (non-hydrogen) atoms. The highest BCUT2D eigenvalue weighted by Crippen LogP contribution is 2.14. The molecule has 1 amide bonds. The number of carbonyl (C=O) groups excluding carboxylic acids is 1. The minimum atomic E-state index is -0.00337. The van der Waals surface area contributed by atoms with Gasteiger partial charge in [-0.25, -0.2) is 0 Å². The van der Waals surface area contributed by atoms with E-state index in [1.807, 2.05) is 24.3 Å². The van der Waals surface area contributed by atoms with E-state index in [4.69, 9.17) is 0 Å². The maximum atomic E-state index is 12.2. The smallest absolute Gasteiger partial charge is 0.253 e. The van der Waals surface area contributed by atoms with Gasteiger partial charge < -0.3 is 15.5 Å². The van der Waals surface area contributed by atoms with Crippen molar-refractivity contribution in [2.45, 2.75) is 27.2 Å². The largest absolute Gasteiger partial charge is 0.384 e. The molecule has 0 bridgehead atoms. The van der Waals surface area contributed by atoms with Gasteiger partial charge in [-0.1, -0.05) is 32.9 Å². The first-order valence-corrected chi connectivity index (χ1v) is 7.56. The van der Waals surface area contributed by atoms with Gasteiger partial charge in [-0.3, -0.25) is 4.79 Å². The van der Waals surface area contributed by atoms with Crippen LogP contribution in [0.2, 0.25) is 0 Å². The molecule has 0 aromatic heterocycles. The average Bonchev–Trinajstić information content (AvgIpc) is 2.49. The Kier molecular flexibility index (Phi) is 7.73. The normalized spacial score (nSPS) is 10.6. The molecular formula is C16H27N3O. The van der Waals surface area contributed by atoms with E-state index in [1.54, 1.807) is 0 Å². The van der Waals surface area contributed by atoms with Crippen LogP contribution in [0.25, 0.3) is 0 Å². The van der Waals surface area contributed by atoms with Crippen molar-refractivity contribution in [2.75, 3.05) is 38.0 Å². The minimum Gasteiger partial charge on any atom is -0.384 e. The Morgan fingerprint density at radius 3 is 2.45 bits per heavy atom. The van der Waals surface area contributed by atoms with Crippen molar-refractivity contribution in [3.05, 3.63) is 29.8 Å². The Bertz CT molecular complexity index is 402. The topological polar surface area (TPSA) is 44.4 Å². The Balaban J connectivity index is 2.54. The number of hydrogen-bond acceptors (Lipinski definition) is 3. The first-order valence-electron chi connectivity index (χ1n) is 7.56. The molecule has 0 heterocycles. The fourth-order valence-corrected chi connectivity index (χ4v) is 2.06. The molecule has 0 aliphatic heterocycles. The van der Waals surface area contributed by atoms with Crippen LogP contribution in [0, 0.1) is 0 Å². The SMILES string of the molecule is CCCNc1ccccc1C(=O)NCCN(CC)CC. The second-order valence-electron chi connectivity index (χ2n) is 4.76. The zero-order valence-corrected chi connectivity index (χ0v) is 12.9. The van der Waals surface area contributed by atoms with Crippen LogP contribution in [0.1, 0.15) is 37.6 Å². The van der Waals surface area contributed by atoms with Gasteiger partial charge in [0.15, 0.2) is 0 Å². The molecule has 0 spiro atoms. The Hall–Kier alpha value is -1.55. The van der Waals surface area contributed by atoms with Crippen molar-refractivity contribution >= 4 is 11.6 Å². The van der Waals surface area contributed by atoms with E-state index in [0.717, 1.165) is 43.9 Å². The summed E-state index contributed by atoms with van der Waals surface area (Å²) in [7, 11) is 0. The van der Waals surface area contributed by atoms with Gasteiger partial charge >= 0.3 is 0 Å². The van der Waals surface area contributed by atoms with Crippen molar-refractivity contribution in [3.8, 4) is 0 Å². The van der Waals surface area contributed by atoms with E-state index in [0.29, 0.717) is 6.54 Å². The number of nitrogens with one attached hydrogen (secondary N) is 2. The lowest BCUT2D eigenvalue weighted by molar-refractivity contribution is 0.0949. The van der Waals surface area contributed by atoms with Crippen LogP contribution >= 0.6 is 0 Å². The molecular weight excluding hydrogens is 250 g/mol. The lowest BCUT2D eigenvalue weighted by Gasteiger charge is -2.18. The van der Waals surface area contributed by atoms with Crippen molar-refractivity contribution in [3.63, 3.8) is 0 Å². The maximum Gasteiger partial charge on any atom is 0.253 e. The number of rotatable bonds is 9. The van der Waals surface area contributed by atoms with E-state index >= 15 is 0 Å². The van der Waals surface area contributed by atoms with Crippen LogP contribution in [0.4, 0.5) is 5.69 Å². The Morgan fingerprint density at radius 2 is 1.80 bits per heavy atom. The molecule has 0 saturated carbocycles. The van der Waals surface area contributed by atoms with Crippen LogP contribution in [0.3, 0.4) is 0 Å². The highest BCUT2D eigenvalue weighted by Gasteiger charge is 2.10. The molecule has 112 valence electrons. The van der Waals surface area contributed by atoms with Gasteiger partial charge in [-0.2, -0.15) is 0 Å². The number of amides is 1. The van der Waals surface area contributed by atoms with Crippen LogP contribution in [-0.2, 0) is 0 Å². The molecule has 2 N–H and O–H groups in total. The summed E-state index contributed by atoms with van der Waals surface area (Å²) in [5.41, 5.74) is 1.63. The number of benzene rings is 1. The molecule has 0 radical (unpaired) electrons. The Labute approximate surface area is 122 Å². The summed E-state index contributed by atoms with van der Waals surface area (Å²) in [5, 5.41) is 6.29. The first-order chi connectivity index (χ1) is 9.72. The number of para-hydroxylation sites is 1. The zero-order valence-electron chi connectivity index (χ0n) is 12.9. The molecule has 4 nitrogen and oxygen atoms in total. The van der Waals surface area contributed by atoms with Gasteiger partial charge in [-0.05, 0) is 31.6 Å². The standard InChI is InChI=1S/C16H27N3O/c1-4-11-17-15-10-8-7-9-14(15)16(20)18-12-13-19(5-2)6-3/h7-10,17H,4-6,11-13H2,1-3H3,(H,18,20). The number of carbonyl (C=O) groups is 1. The molecule has 0 fully saturated rings. The summed E-state index contributed by atoms with van der Waals surface area (Å²) in [4.78, 5) is 14.5. The second kappa shape index (κ2) is 9.37. The summed E-state index contributed by atoms with van der Waals surface area (Å²) in [6.45, 7) is 10.9. The van der Waals surface area contributed by atoms with E-state index in [2.05, 4.69) is 36.3 Å².